The third-order valence-corrected chi connectivity index (χ3v) is 11.7. The Morgan fingerprint density at radius 3 is 1.96 bits per heavy atom. The molecule has 11 rings (SSSR count). The molecule has 2 atom stereocenters. The van der Waals surface area contributed by atoms with Crippen LogP contribution >= 0.6 is 0 Å². The van der Waals surface area contributed by atoms with Crippen LogP contribution in [0.4, 0.5) is 0 Å². The van der Waals surface area contributed by atoms with Gasteiger partial charge in [-0.2, -0.15) is 0 Å². The molecular formula is C48H36N2. The van der Waals surface area contributed by atoms with Crippen LogP contribution in [-0.2, 0) is 0 Å². The van der Waals surface area contributed by atoms with Crippen LogP contribution in [0, 0.1) is 11.8 Å². The molecule has 0 fully saturated rings. The number of benzene rings is 5. The van der Waals surface area contributed by atoms with E-state index in [1.54, 1.807) is 16.7 Å². The zero-order chi connectivity index (χ0) is 32.8. The van der Waals surface area contributed by atoms with E-state index in [9.17, 15) is 0 Å². The fourth-order valence-electron chi connectivity index (χ4n) is 9.52. The van der Waals surface area contributed by atoms with Crippen LogP contribution in [0.2, 0.25) is 0 Å². The molecule has 0 aliphatic heterocycles. The van der Waals surface area contributed by atoms with E-state index in [0.29, 0.717) is 11.8 Å². The summed E-state index contributed by atoms with van der Waals surface area (Å²) in [6, 6.07) is 42.6. The molecule has 5 aromatic carbocycles. The molecule has 238 valence electrons. The summed E-state index contributed by atoms with van der Waals surface area (Å²) in [5.74, 6) is 0.854. The molecule has 2 aromatic heterocycles. The van der Waals surface area contributed by atoms with Crippen molar-refractivity contribution < 1.29 is 0 Å². The van der Waals surface area contributed by atoms with Crippen LogP contribution in [-0.4, -0.2) is 9.13 Å². The average Bonchev–Trinajstić information content (AvgIpc) is 3.70. The molecule has 0 radical (unpaired) electrons. The van der Waals surface area contributed by atoms with Gasteiger partial charge < -0.3 is 9.13 Å². The Kier molecular flexibility index (Phi) is 6.07. The fraction of sp³-hybridized carbons (Fsp3) is 0.125. The van der Waals surface area contributed by atoms with Gasteiger partial charge in [0.1, 0.15) is 0 Å². The van der Waals surface area contributed by atoms with E-state index in [1.165, 1.54) is 78.1 Å². The zero-order valence-corrected chi connectivity index (χ0v) is 27.9. The standard InChI is InChI=1S/C48H36N2/c1-2-12-33(13-3-1)49-45-20-10-8-18-40(45)42-25-22-32(29-48(42)49)31-23-27-47-44(28-31)41-19-9-11-21-46(41)50(47)34-24-26-39-37-16-5-4-14-35(37)36-15-6-7-17-38(36)43(39)30-34/h1-4,6-15,17-23,25,27-30,36,38H,5,16,24,26H2. The third-order valence-electron chi connectivity index (χ3n) is 11.7. The maximum atomic E-state index is 2.57. The highest BCUT2D eigenvalue weighted by Gasteiger charge is 2.36. The summed E-state index contributed by atoms with van der Waals surface area (Å²) >= 11 is 0. The summed E-state index contributed by atoms with van der Waals surface area (Å²) in [6.45, 7) is 0. The van der Waals surface area contributed by atoms with Gasteiger partial charge in [-0.1, -0.05) is 109 Å². The summed E-state index contributed by atoms with van der Waals surface area (Å²) in [4.78, 5) is 0. The molecule has 0 saturated heterocycles. The maximum Gasteiger partial charge on any atom is 0.0547 e. The van der Waals surface area contributed by atoms with Crippen LogP contribution in [0.5, 0.6) is 0 Å². The van der Waals surface area contributed by atoms with Gasteiger partial charge in [-0.25, -0.2) is 0 Å². The molecular weight excluding hydrogens is 605 g/mol. The fourth-order valence-corrected chi connectivity index (χ4v) is 9.52. The Balaban J connectivity index is 1.08. The van der Waals surface area contributed by atoms with Gasteiger partial charge in [-0.15, -0.1) is 0 Å². The second-order valence-corrected chi connectivity index (χ2v) is 14.3. The minimum absolute atomic E-state index is 0.410. The van der Waals surface area contributed by atoms with E-state index in [0.717, 1.165) is 19.3 Å². The first-order valence-corrected chi connectivity index (χ1v) is 18.1. The summed E-state index contributed by atoms with van der Waals surface area (Å²) in [6.07, 6.45) is 21.2. The van der Waals surface area contributed by atoms with Crippen molar-refractivity contribution in [3.05, 3.63) is 180 Å². The smallest absolute Gasteiger partial charge is 0.0547 e. The van der Waals surface area contributed by atoms with E-state index in [1.807, 2.05) is 0 Å². The number of nitrogens with zero attached hydrogens (tertiary/aromatic N) is 2. The van der Waals surface area contributed by atoms with Crippen LogP contribution < -0.4 is 0 Å². The van der Waals surface area contributed by atoms with Gasteiger partial charge in [0, 0.05) is 44.8 Å². The van der Waals surface area contributed by atoms with Gasteiger partial charge in [0.05, 0.1) is 22.1 Å². The number of hydrogen-bond acceptors (Lipinski definition) is 0. The summed E-state index contributed by atoms with van der Waals surface area (Å²) in [5.41, 5.74) is 16.5. The van der Waals surface area contributed by atoms with Gasteiger partial charge >= 0.3 is 0 Å². The Hall–Kier alpha value is -5.86. The Labute approximate surface area is 292 Å². The van der Waals surface area contributed by atoms with E-state index >= 15 is 0 Å². The van der Waals surface area contributed by atoms with Crippen molar-refractivity contribution in [2.45, 2.75) is 25.7 Å². The van der Waals surface area contributed by atoms with Crippen LogP contribution in [0.1, 0.15) is 25.7 Å². The van der Waals surface area contributed by atoms with Crippen molar-refractivity contribution in [3.63, 3.8) is 0 Å². The molecule has 50 heavy (non-hydrogen) atoms. The quantitative estimate of drug-likeness (QED) is 0.182. The lowest BCUT2D eigenvalue weighted by molar-refractivity contribution is 0.579. The lowest BCUT2D eigenvalue weighted by Gasteiger charge is -2.39. The molecule has 0 amide bonds. The SMILES string of the molecule is C1=CC2C3=C(CCC=C3)C3=C(C=C(n4c5ccccc5c5cc(-c6ccc7c8ccccc8n(-c8ccccc8)c7c6)ccc54)CC3)C2C=C1. The summed E-state index contributed by atoms with van der Waals surface area (Å²) in [7, 11) is 0. The lowest BCUT2D eigenvalue weighted by Crippen LogP contribution is -2.26. The van der Waals surface area contributed by atoms with Crippen molar-refractivity contribution in [2.75, 3.05) is 0 Å². The topological polar surface area (TPSA) is 9.86 Å². The van der Waals surface area contributed by atoms with Crippen molar-refractivity contribution in [3.8, 4) is 16.8 Å². The second kappa shape index (κ2) is 10.8. The molecule has 0 spiro atoms. The highest BCUT2D eigenvalue weighted by molar-refractivity contribution is 6.13. The molecule has 0 N–H and O–H groups in total. The molecule has 0 saturated carbocycles. The summed E-state index contributed by atoms with van der Waals surface area (Å²) in [5, 5.41) is 5.19. The number of aromatic nitrogens is 2. The van der Waals surface area contributed by atoms with E-state index in [2.05, 4.69) is 167 Å². The molecule has 2 nitrogen and oxygen atoms in total. The van der Waals surface area contributed by atoms with Crippen LogP contribution in [0.3, 0.4) is 0 Å². The van der Waals surface area contributed by atoms with E-state index in [-0.39, 0.29) is 0 Å². The van der Waals surface area contributed by atoms with Crippen LogP contribution in [0.25, 0.3) is 66.1 Å². The van der Waals surface area contributed by atoms with Gasteiger partial charge in [0.2, 0.25) is 0 Å². The Bertz CT molecular complexity index is 2750. The average molecular weight is 641 g/mol. The van der Waals surface area contributed by atoms with Crippen molar-refractivity contribution in [1.82, 2.24) is 9.13 Å². The van der Waals surface area contributed by atoms with Gasteiger partial charge in [-0.3, -0.25) is 0 Å². The van der Waals surface area contributed by atoms with Crippen molar-refractivity contribution >= 4 is 49.3 Å². The van der Waals surface area contributed by atoms with E-state index in [4.69, 9.17) is 0 Å². The highest BCUT2D eigenvalue weighted by atomic mass is 15.0. The normalized spacial score (nSPS) is 19.8. The molecule has 0 bridgehead atoms. The lowest BCUT2D eigenvalue weighted by atomic mass is 9.66. The van der Waals surface area contributed by atoms with E-state index < -0.39 is 0 Å². The van der Waals surface area contributed by atoms with Crippen molar-refractivity contribution in [1.29, 1.82) is 0 Å². The molecule has 2 heterocycles. The number of rotatable bonds is 3. The molecule has 4 aliphatic rings. The number of fused-ring (bicyclic) bond motifs is 10. The first kappa shape index (κ1) is 28.0. The van der Waals surface area contributed by atoms with Gasteiger partial charge in [0.25, 0.3) is 0 Å². The maximum absolute atomic E-state index is 2.57. The predicted octanol–water partition coefficient (Wildman–Crippen LogP) is 12.5. The predicted molar refractivity (Wildman–Crippen MR) is 210 cm³/mol. The van der Waals surface area contributed by atoms with Crippen LogP contribution in [0.15, 0.2) is 180 Å². The minimum atomic E-state index is 0.410. The Morgan fingerprint density at radius 1 is 0.480 bits per heavy atom. The first-order chi connectivity index (χ1) is 24.8. The number of hydrogen-bond donors (Lipinski definition) is 0. The molecule has 4 aliphatic carbocycles. The second-order valence-electron chi connectivity index (χ2n) is 14.3. The highest BCUT2D eigenvalue weighted by Crippen LogP contribution is 2.50. The summed E-state index contributed by atoms with van der Waals surface area (Å²) < 4.78 is 4.98. The first-order valence-electron chi connectivity index (χ1n) is 18.1. The zero-order valence-electron chi connectivity index (χ0n) is 27.9. The largest absolute Gasteiger partial charge is 0.313 e. The monoisotopic (exact) mass is 640 g/mol. The van der Waals surface area contributed by atoms with Gasteiger partial charge in [0.15, 0.2) is 0 Å². The molecule has 2 heteroatoms. The molecule has 2 unspecified atom stereocenters. The third kappa shape index (κ3) is 4.02. The molecule has 7 aromatic rings. The Morgan fingerprint density at radius 2 is 1.12 bits per heavy atom. The minimum Gasteiger partial charge on any atom is -0.313 e. The van der Waals surface area contributed by atoms with Crippen molar-refractivity contribution in [2.24, 2.45) is 11.8 Å². The number of allylic oxidation sites excluding steroid dienone is 12. The number of para-hydroxylation sites is 3. The van der Waals surface area contributed by atoms with Gasteiger partial charge in [-0.05, 0) is 108 Å².